The summed E-state index contributed by atoms with van der Waals surface area (Å²) in [6.45, 7) is 3.31. The minimum Gasteiger partial charge on any atom is -0.489 e. The van der Waals surface area contributed by atoms with Crippen molar-refractivity contribution < 1.29 is 18.7 Å². The number of nitrogens with one attached hydrogen (secondary N) is 2. The van der Waals surface area contributed by atoms with Gasteiger partial charge in [0.25, 0.3) is 0 Å². The molecule has 3 aromatic carbocycles. The average molecular weight is 631 g/mol. The predicted molar refractivity (Wildman–Crippen MR) is 170 cm³/mol. The Bertz CT molecular complexity index is 1750. The number of halogens is 2. The van der Waals surface area contributed by atoms with Crippen LogP contribution in [0.15, 0.2) is 66.7 Å². The summed E-state index contributed by atoms with van der Waals surface area (Å²) in [7, 11) is 0. The van der Waals surface area contributed by atoms with Crippen molar-refractivity contribution in [2.75, 3.05) is 13.2 Å². The third-order valence-corrected chi connectivity index (χ3v) is 8.57. The molecule has 1 aliphatic carbocycles. The van der Waals surface area contributed by atoms with Crippen LogP contribution in [0.1, 0.15) is 78.1 Å². The molecule has 11 heteroatoms. The first-order valence-corrected chi connectivity index (χ1v) is 15.8. The highest BCUT2D eigenvalue weighted by molar-refractivity contribution is 6.31. The SMILES string of the molecule is CCOC(=O)c1[nH]c2cc(Cl)ccc2c1C(NCC1CCCCC1)c1nnnn1Cc1ccc(OCc2ccccc2F)cc1. The van der Waals surface area contributed by atoms with Crippen LogP contribution in [0.25, 0.3) is 10.9 Å². The van der Waals surface area contributed by atoms with Crippen LogP contribution in [-0.4, -0.2) is 44.3 Å². The number of ether oxygens (including phenoxy) is 2. The van der Waals surface area contributed by atoms with E-state index in [4.69, 9.17) is 21.1 Å². The van der Waals surface area contributed by atoms with E-state index in [-0.39, 0.29) is 19.0 Å². The molecule has 6 rings (SSSR count). The molecule has 0 bridgehead atoms. The fourth-order valence-electron chi connectivity index (χ4n) is 6.03. The first kappa shape index (κ1) is 30.7. The minimum atomic E-state index is -0.500. The molecule has 45 heavy (non-hydrogen) atoms. The molecular weight excluding hydrogens is 595 g/mol. The Hall–Kier alpha value is -4.28. The topological polar surface area (TPSA) is 107 Å². The van der Waals surface area contributed by atoms with E-state index >= 15 is 0 Å². The van der Waals surface area contributed by atoms with Gasteiger partial charge in [-0.2, -0.15) is 0 Å². The molecule has 1 atom stereocenters. The van der Waals surface area contributed by atoms with E-state index in [0.29, 0.717) is 40.3 Å². The number of fused-ring (bicyclic) bond motifs is 1. The Morgan fingerprint density at radius 3 is 2.69 bits per heavy atom. The standard InChI is InChI=1S/C34H36ClFN6O3/c1-2-44-34(43)32-30(27-17-14-25(35)18-29(27)38-32)31(37-19-22-8-4-3-5-9-22)33-39-40-41-42(33)20-23-12-15-26(16-13-23)45-21-24-10-6-7-11-28(24)36/h6-7,10-18,22,31,37-38H,2-5,8-9,19-21H2,1H3. The first-order valence-electron chi connectivity index (χ1n) is 15.4. The molecule has 0 spiro atoms. The van der Waals surface area contributed by atoms with E-state index in [1.165, 1.54) is 25.3 Å². The monoisotopic (exact) mass is 630 g/mol. The van der Waals surface area contributed by atoms with Gasteiger partial charge in [-0.3, -0.25) is 0 Å². The number of esters is 1. The van der Waals surface area contributed by atoms with E-state index in [1.807, 2.05) is 36.4 Å². The number of hydrogen-bond acceptors (Lipinski definition) is 7. The Morgan fingerprint density at radius 2 is 1.91 bits per heavy atom. The number of benzene rings is 3. The molecule has 5 aromatic rings. The molecule has 1 unspecified atom stereocenters. The molecule has 2 aromatic heterocycles. The minimum absolute atomic E-state index is 0.135. The predicted octanol–water partition coefficient (Wildman–Crippen LogP) is 7.01. The Kier molecular flexibility index (Phi) is 9.71. The Morgan fingerprint density at radius 1 is 1.11 bits per heavy atom. The van der Waals surface area contributed by atoms with Gasteiger partial charge in [0.2, 0.25) is 0 Å². The normalized spacial score (nSPS) is 14.5. The summed E-state index contributed by atoms with van der Waals surface area (Å²) in [5.74, 6) is 0.980. The van der Waals surface area contributed by atoms with E-state index in [9.17, 15) is 9.18 Å². The highest BCUT2D eigenvalue weighted by Gasteiger charge is 2.31. The second kappa shape index (κ2) is 14.2. The molecule has 0 aliphatic heterocycles. The van der Waals surface area contributed by atoms with Crippen LogP contribution in [0.4, 0.5) is 4.39 Å². The van der Waals surface area contributed by atoms with Crippen LogP contribution in [0.2, 0.25) is 5.02 Å². The van der Waals surface area contributed by atoms with Crippen molar-refractivity contribution in [1.82, 2.24) is 30.5 Å². The van der Waals surface area contributed by atoms with Crippen molar-refractivity contribution in [3.8, 4) is 5.75 Å². The maximum absolute atomic E-state index is 14.0. The first-order chi connectivity index (χ1) is 22.0. The number of aromatic amines is 1. The van der Waals surface area contributed by atoms with Gasteiger partial charge in [-0.25, -0.2) is 13.9 Å². The summed E-state index contributed by atoms with van der Waals surface area (Å²) >= 11 is 6.33. The van der Waals surface area contributed by atoms with Crippen LogP contribution >= 0.6 is 11.6 Å². The van der Waals surface area contributed by atoms with Crippen molar-refractivity contribution >= 4 is 28.5 Å². The molecule has 2 heterocycles. The maximum Gasteiger partial charge on any atom is 0.355 e. The number of tetrazole rings is 1. The van der Waals surface area contributed by atoms with Gasteiger partial charge in [-0.05, 0) is 78.6 Å². The lowest BCUT2D eigenvalue weighted by molar-refractivity contribution is 0.0518. The fraction of sp³-hybridized carbons (Fsp3) is 0.353. The van der Waals surface area contributed by atoms with E-state index in [2.05, 4.69) is 25.8 Å². The van der Waals surface area contributed by atoms with Gasteiger partial charge < -0.3 is 19.8 Å². The lowest BCUT2D eigenvalue weighted by Crippen LogP contribution is -2.32. The van der Waals surface area contributed by atoms with Crippen LogP contribution in [0.5, 0.6) is 5.75 Å². The van der Waals surface area contributed by atoms with Gasteiger partial charge in [-0.1, -0.05) is 67.3 Å². The summed E-state index contributed by atoms with van der Waals surface area (Å²) in [5.41, 5.74) is 3.25. The zero-order valence-electron chi connectivity index (χ0n) is 25.1. The molecule has 1 aliphatic rings. The highest BCUT2D eigenvalue weighted by Crippen LogP contribution is 2.34. The van der Waals surface area contributed by atoms with Crippen molar-refractivity contribution in [1.29, 1.82) is 0 Å². The number of aromatic nitrogens is 5. The van der Waals surface area contributed by atoms with Gasteiger partial charge in [0, 0.05) is 27.1 Å². The van der Waals surface area contributed by atoms with Gasteiger partial charge in [0.05, 0.1) is 19.2 Å². The van der Waals surface area contributed by atoms with Gasteiger partial charge in [-0.15, -0.1) is 5.10 Å². The zero-order valence-corrected chi connectivity index (χ0v) is 25.9. The fourth-order valence-corrected chi connectivity index (χ4v) is 6.20. The molecule has 9 nitrogen and oxygen atoms in total. The molecule has 2 N–H and O–H groups in total. The largest absolute Gasteiger partial charge is 0.489 e. The van der Waals surface area contributed by atoms with E-state index in [1.54, 1.807) is 35.9 Å². The van der Waals surface area contributed by atoms with Crippen molar-refractivity contribution in [2.24, 2.45) is 5.92 Å². The number of carbonyl (C=O) groups is 1. The van der Waals surface area contributed by atoms with Gasteiger partial charge in [0.15, 0.2) is 5.82 Å². The third kappa shape index (κ3) is 7.18. The second-order valence-electron chi connectivity index (χ2n) is 11.4. The molecule has 234 valence electrons. The number of carbonyl (C=O) groups excluding carboxylic acids is 1. The average Bonchev–Trinajstić information content (AvgIpc) is 3.67. The molecule has 1 fully saturated rings. The Balaban J connectivity index is 1.30. The van der Waals surface area contributed by atoms with E-state index < -0.39 is 12.0 Å². The maximum atomic E-state index is 14.0. The van der Waals surface area contributed by atoms with Crippen LogP contribution in [0, 0.1) is 11.7 Å². The van der Waals surface area contributed by atoms with Crippen molar-refractivity contribution in [2.45, 2.75) is 58.2 Å². The highest BCUT2D eigenvalue weighted by atomic mass is 35.5. The summed E-state index contributed by atoms with van der Waals surface area (Å²) in [6.07, 6.45) is 6.01. The molecule has 0 saturated heterocycles. The van der Waals surface area contributed by atoms with Crippen LogP contribution in [-0.2, 0) is 17.9 Å². The number of rotatable bonds is 12. The number of H-pyrrole nitrogens is 1. The molecule has 0 amide bonds. The summed E-state index contributed by atoms with van der Waals surface area (Å²) in [6, 6.07) is 19.2. The smallest absolute Gasteiger partial charge is 0.355 e. The lowest BCUT2D eigenvalue weighted by Gasteiger charge is -2.26. The van der Waals surface area contributed by atoms with Crippen molar-refractivity contribution in [3.05, 3.63) is 106 Å². The number of nitrogens with zero attached hydrogens (tertiary/aromatic N) is 4. The van der Waals surface area contributed by atoms with Gasteiger partial charge in [0.1, 0.15) is 23.9 Å². The van der Waals surface area contributed by atoms with Gasteiger partial charge >= 0.3 is 5.97 Å². The summed E-state index contributed by atoms with van der Waals surface area (Å²) in [5, 5.41) is 18.0. The van der Waals surface area contributed by atoms with Crippen molar-refractivity contribution in [3.63, 3.8) is 0 Å². The second-order valence-corrected chi connectivity index (χ2v) is 11.8. The van der Waals surface area contributed by atoms with E-state index in [0.717, 1.165) is 41.4 Å². The molecular formula is C34H36ClFN6O3. The van der Waals surface area contributed by atoms with Crippen LogP contribution in [0.3, 0.4) is 0 Å². The molecule has 1 saturated carbocycles. The quantitative estimate of drug-likeness (QED) is 0.143. The number of hydrogen-bond donors (Lipinski definition) is 2. The Labute approximate surface area is 266 Å². The summed E-state index contributed by atoms with van der Waals surface area (Å²) in [4.78, 5) is 16.5. The van der Waals surface area contributed by atoms with Crippen LogP contribution < -0.4 is 10.1 Å². The zero-order chi connectivity index (χ0) is 31.2. The lowest BCUT2D eigenvalue weighted by atomic mass is 9.89. The third-order valence-electron chi connectivity index (χ3n) is 8.33. The summed E-state index contributed by atoms with van der Waals surface area (Å²) < 4.78 is 27.0. The molecule has 0 radical (unpaired) electrons.